The molecule has 0 aromatic heterocycles. The van der Waals surface area contributed by atoms with Crippen LogP contribution in [0, 0.1) is 0 Å². The Balaban J connectivity index is 2.02. The number of hydrogen-bond donors (Lipinski definition) is 3. The number of rotatable bonds is 7. The zero-order valence-electron chi connectivity index (χ0n) is 13.9. The molecule has 0 aliphatic heterocycles. The van der Waals surface area contributed by atoms with Crippen molar-refractivity contribution in [3.05, 3.63) is 59.7 Å². The Morgan fingerprint density at radius 2 is 2.00 bits per heavy atom. The standard InChI is InChI=1S/C17H20BN3O3S/c1-2-24-16-9-14(8-15(10-16)18(22)23)11-20-21-17(19)25-12-13-6-4-3-5-7-13/h3-11,22-23H,2,12H2,1H3,(H2,19,21). The van der Waals surface area contributed by atoms with E-state index in [0.29, 0.717) is 34.3 Å². The maximum atomic E-state index is 9.34. The minimum absolute atomic E-state index is 0.322. The van der Waals surface area contributed by atoms with Crippen molar-refractivity contribution in [2.75, 3.05) is 6.61 Å². The van der Waals surface area contributed by atoms with Crippen molar-refractivity contribution in [1.29, 1.82) is 0 Å². The number of hydrogen-bond acceptors (Lipinski definition) is 6. The van der Waals surface area contributed by atoms with Crippen LogP contribution in [0.3, 0.4) is 0 Å². The van der Waals surface area contributed by atoms with Crippen LogP contribution in [0.2, 0.25) is 0 Å². The fourth-order valence-corrected chi connectivity index (χ4v) is 2.64. The molecule has 0 saturated heterocycles. The van der Waals surface area contributed by atoms with Gasteiger partial charge < -0.3 is 20.5 Å². The van der Waals surface area contributed by atoms with Crippen molar-refractivity contribution in [3.8, 4) is 5.75 Å². The molecule has 0 unspecified atom stereocenters. The molecule has 0 aliphatic rings. The van der Waals surface area contributed by atoms with Crippen LogP contribution in [-0.4, -0.2) is 35.2 Å². The van der Waals surface area contributed by atoms with E-state index in [1.807, 2.05) is 37.3 Å². The van der Waals surface area contributed by atoms with Gasteiger partial charge in [0.05, 0.1) is 12.8 Å². The predicted molar refractivity (Wildman–Crippen MR) is 104 cm³/mol. The maximum absolute atomic E-state index is 9.34. The summed E-state index contributed by atoms with van der Waals surface area (Å²) in [5.41, 5.74) is 7.95. The average molecular weight is 357 g/mol. The summed E-state index contributed by atoms with van der Waals surface area (Å²) < 4.78 is 5.40. The predicted octanol–water partition coefficient (Wildman–Crippen LogP) is 1.35. The lowest BCUT2D eigenvalue weighted by Gasteiger charge is -2.07. The summed E-state index contributed by atoms with van der Waals surface area (Å²) in [6.07, 6.45) is 1.49. The molecule has 8 heteroatoms. The van der Waals surface area contributed by atoms with E-state index < -0.39 is 7.12 Å². The first-order valence-electron chi connectivity index (χ1n) is 7.75. The highest BCUT2D eigenvalue weighted by Gasteiger charge is 2.13. The molecule has 0 aliphatic carbocycles. The number of nitrogens with zero attached hydrogens (tertiary/aromatic N) is 2. The third kappa shape index (κ3) is 6.62. The fraction of sp³-hybridized carbons (Fsp3) is 0.176. The second kappa shape index (κ2) is 9.88. The summed E-state index contributed by atoms with van der Waals surface area (Å²) in [6, 6.07) is 14.8. The summed E-state index contributed by atoms with van der Waals surface area (Å²) in [7, 11) is -1.58. The van der Waals surface area contributed by atoms with Crippen molar-refractivity contribution < 1.29 is 14.8 Å². The minimum Gasteiger partial charge on any atom is -0.494 e. The zero-order valence-corrected chi connectivity index (χ0v) is 14.7. The smallest absolute Gasteiger partial charge is 0.488 e. The lowest BCUT2D eigenvalue weighted by atomic mass is 9.79. The van der Waals surface area contributed by atoms with Gasteiger partial charge in [-0.05, 0) is 35.6 Å². The average Bonchev–Trinajstić information content (AvgIpc) is 2.61. The highest BCUT2D eigenvalue weighted by Crippen LogP contribution is 2.13. The highest BCUT2D eigenvalue weighted by molar-refractivity contribution is 8.13. The van der Waals surface area contributed by atoms with E-state index in [1.165, 1.54) is 18.0 Å². The Kier molecular flexibility index (Phi) is 7.52. The molecule has 2 rings (SSSR count). The molecule has 0 amide bonds. The van der Waals surface area contributed by atoms with Gasteiger partial charge in [-0.1, -0.05) is 48.2 Å². The highest BCUT2D eigenvalue weighted by atomic mass is 32.2. The van der Waals surface area contributed by atoms with E-state index >= 15 is 0 Å². The number of ether oxygens (including phenoxy) is 1. The Bertz CT molecular complexity index is 739. The Morgan fingerprint density at radius 1 is 1.24 bits per heavy atom. The van der Waals surface area contributed by atoms with Crippen LogP contribution < -0.4 is 15.9 Å². The molecule has 0 heterocycles. The summed E-state index contributed by atoms with van der Waals surface area (Å²) in [4.78, 5) is 0. The molecule has 2 aromatic rings. The third-order valence-corrected chi connectivity index (χ3v) is 4.01. The molecule has 0 spiro atoms. The molecule has 130 valence electrons. The van der Waals surface area contributed by atoms with Crippen LogP contribution in [-0.2, 0) is 5.75 Å². The number of benzene rings is 2. The third-order valence-electron chi connectivity index (χ3n) is 3.15. The van der Waals surface area contributed by atoms with Gasteiger partial charge in [0, 0.05) is 5.75 Å². The van der Waals surface area contributed by atoms with E-state index in [-0.39, 0.29) is 0 Å². The van der Waals surface area contributed by atoms with Crippen LogP contribution in [0.5, 0.6) is 5.75 Å². The van der Waals surface area contributed by atoms with Crippen molar-refractivity contribution in [2.24, 2.45) is 15.9 Å². The monoisotopic (exact) mass is 357 g/mol. The molecular weight excluding hydrogens is 337 g/mol. The second-order valence-electron chi connectivity index (χ2n) is 5.10. The topological polar surface area (TPSA) is 100 Å². The van der Waals surface area contributed by atoms with Gasteiger partial charge in [0.1, 0.15) is 5.75 Å². The van der Waals surface area contributed by atoms with Gasteiger partial charge in [0.15, 0.2) is 5.17 Å². The van der Waals surface area contributed by atoms with Crippen molar-refractivity contribution in [2.45, 2.75) is 12.7 Å². The van der Waals surface area contributed by atoms with E-state index in [0.717, 1.165) is 5.56 Å². The van der Waals surface area contributed by atoms with Gasteiger partial charge in [0.2, 0.25) is 0 Å². The van der Waals surface area contributed by atoms with Gasteiger partial charge in [0.25, 0.3) is 0 Å². The molecule has 0 atom stereocenters. The molecule has 0 bridgehead atoms. The molecule has 0 fully saturated rings. The van der Waals surface area contributed by atoms with Gasteiger partial charge in [-0.2, -0.15) is 5.10 Å². The first-order valence-corrected chi connectivity index (χ1v) is 8.74. The van der Waals surface area contributed by atoms with Crippen LogP contribution in [0.25, 0.3) is 0 Å². The number of thioether (sulfide) groups is 1. The van der Waals surface area contributed by atoms with Crippen LogP contribution in [0.4, 0.5) is 0 Å². The van der Waals surface area contributed by atoms with E-state index in [4.69, 9.17) is 10.5 Å². The second-order valence-corrected chi connectivity index (χ2v) is 6.09. The van der Waals surface area contributed by atoms with Crippen LogP contribution in [0.1, 0.15) is 18.1 Å². The molecule has 0 saturated carbocycles. The van der Waals surface area contributed by atoms with Gasteiger partial charge in [-0.3, -0.25) is 0 Å². The lowest BCUT2D eigenvalue weighted by Crippen LogP contribution is -2.30. The Morgan fingerprint density at radius 3 is 2.68 bits per heavy atom. The molecule has 0 radical (unpaired) electrons. The normalized spacial score (nSPS) is 11.7. The van der Waals surface area contributed by atoms with E-state index in [2.05, 4.69) is 10.2 Å². The minimum atomic E-state index is -1.58. The Hall–Kier alpha value is -2.29. The van der Waals surface area contributed by atoms with Crippen LogP contribution in [0.15, 0.2) is 58.7 Å². The quantitative estimate of drug-likeness (QED) is 0.301. The van der Waals surface area contributed by atoms with E-state index in [1.54, 1.807) is 18.2 Å². The summed E-state index contributed by atoms with van der Waals surface area (Å²) in [6.45, 7) is 2.33. The van der Waals surface area contributed by atoms with Crippen molar-refractivity contribution in [3.63, 3.8) is 0 Å². The SMILES string of the molecule is CCOc1cc(C=NN=C(N)SCc2ccccc2)cc(B(O)O)c1. The van der Waals surface area contributed by atoms with Crippen molar-refractivity contribution in [1.82, 2.24) is 0 Å². The fourth-order valence-electron chi connectivity index (χ4n) is 2.03. The summed E-state index contributed by atoms with van der Waals surface area (Å²) in [5.74, 6) is 1.25. The summed E-state index contributed by atoms with van der Waals surface area (Å²) in [5, 5.41) is 26.9. The first kappa shape index (κ1) is 19.0. The molecule has 25 heavy (non-hydrogen) atoms. The molecular formula is C17H20BN3O3S. The van der Waals surface area contributed by atoms with Gasteiger partial charge in [-0.25, -0.2) is 0 Å². The Labute approximate surface area is 151 Å². The van der Waals surface area contributed by atoms with E-state index in [9.17, 15) is 10.0 Å². The first-order chi connectivity index (χ1) is 12.1. The van der Waals surface area contributed by atoms with Crippen molar-refractivity contribution >= 4 is 35.7 Å². The number of amidine groups is 1. The zero-order chi connectivity index (χ0) is 18.1. The van der Waals surface area contributed by atoms with Crippen LogP contribution >= 0.6 is 11.8 Å². The van der Waals surface area contributed by atoms with Gasteiger partial charge in [-0.15, -0.1) is 5.10 Å². The maximum Gasteiger partial charge on any atom is 0.488 e. The summed E-state index contributed by atoms with van der Waals surface area (Å²) >= 11 is 1.39. The van der Waals surface area contributed by atoms with Gasteiger partial charge >= 0.3 is 7.12 Å². The number of nitrogens with two attached hydrogens (primary N) is 1. The molecule has 2 aromatic carbocycles. The molecule has 4 N–H and O–H groups in total. The lowest BCUT2D eigenvalue weighted by molar-refractivity contribution is 0.340. The largest absolute Gasteiger partial charge is 0.494 e. The molecule has 6 nitrogen and oxygen atoms in total.